The monoisotopic (exact) mass is 418 g/mol. The van der Waals surface area contributed by atoms with Crippen molar-refractivity contribution in [3.05, 3.63) is 82.9 Å². The number of nitrogens with one attached hydrogen (secondary N) is 2. The summed E-state index contributed by atoms with van der Waals surface area (Å²) in [6.07, 6.45) is 5.49. The molecular weight excluding hydrogens is 390 g/mol. The van der Waals surface area contributed by atoms with Crippen molar-refractivity contribution in [3.63, 3.8) is 0 Å². The standard InChI is InChI=1S/C25H27N3O3/c1-2-12-28-24(30)21-11-10-20(15-22(21)25(28)31)23(29)26-16-18-6-8-19(9-7-18)17-27-13-4-3-5-14-27/h2,6-11,15H,1,3-5,12-14,16-17H2,(H,26,29)/p+1. The molecule has 2 heterocycles. The number of nitrogens with zero attached hydrogens (tertiary/aromatic N) is 1. The second-order valence-corrected chi connectivity index (χ2v) is 8.26. The summed E-state index contributed by atoms with van der Waals surface area (Å²) >= 11 is 0. The smallest absolute Gasteiger partial charge is 0.261 e. The number of carbonyl (C=O) groups excluding carboxylic acids is 3. The van der Waals surface area contributed by atoms with E-state index in [1.807, 2.05) is 0 Å². The molecule has 2 N–H and O–H groups in total. The van der Waals surface area contributed by atoms with E-state index in [-0.39, 0.29) is 29.8 Å². The molecule has 0 radical (unpaired) electrons. The van der Waals surface area contributed by atoms with Gasteiger partial charge in [0.15, 0.2) is 0 Å². The van der Waals surface area contributed by atoms with Gasteiger partial charge in [-0.25, -0.2) is 0 Å². The number of piperidine rings is 1. The predicted molar refractivity (Wildman–Crippen MR) is 118 cm³/mol. The third-order valence-electron chi connectivity index (χ3n) is 6.04. The summed E-state index contributed by atoms with van der Waals surface area (Å²) in [5.74, 6) is -1.01. The summed E-state index contributed by atoms with van der Waals surface area (Å²) in [5, 5.41) is 2.90. The summed E-state index contributed by atoms with van der Waals surface area (Å²) in [6, 6.07) is 13.0. The number of fused-ring (bicyclic) bond motifs is 1. The highest BCUT2D eigenvalue weighted by Crippen LogP contribution is 2.24. The van der Waals surface area contributed by atoms with Crippen LogP contribution in [0.5, 0.6) is 0 Å². The molecule has 0 aliphatic carbocycles. The molecule has 31 heavy (non-hydrogen) atoms. The number of carbonyl (C=O) groups is 3. The summed E-state index contributed by atoms with van der Waals surface area (Å²) in [5.41, 5.74) is 3.30. The molecule has 0 aromatic heterocycles. The molecule has 2 aliphatic rings. The number of quaternary nitrogens is 1. The van der Waals surface area contributed by atoms with Crippen LogP contribution in [0.2, 0.25) is 0 Å². The van der Waals surface area contributed by atoms with Crippen LogP contribution in [0.3, 0.4) is 0 Å². The third kappa shape index (κ3) is 4.59. The van der Waals surface area contributed by atoms with Gasteiger partial charge in [-0.3, -0.25) is 19.3 Å². The molecule has 1 fully saturated rings. The molecule has 0 bridgehead atoms. The molecule has 2 aliphatic heterocycles. The van der Waals surface area contributed by atoms with E-state index in [9.17, 15) is 14.4 Å². The van der Waals surface area contributed by atoms with Crippen LogP contribution in [-0.2, 0) is 13.1 Å². The van der Waals surface area contributed by atoms with Gasteiger partial charge in [-0.2, -0.15) is 0 Å². The van der Waals surface area contributed by atoms with Gasteiger partial charge in [-0.05, 0) is 43.0 Å². The normalized spacial score (nSPS) is 16.3. The Morgan fingerprint density at radius 1 is 0.968 bits per heavy atom. The maximum atomic E-state index is 12.6. The van der Waals surface area contributed by atoms with Gasteiger partial charge in [-0.1, -0.05) is 30.3 Å². The highest BCUT2D eigenvalue weighted by Gasteiger charge is 2.35. The van der Waals surface area contributed by atoms with Crippen molar-refractivity contribution >= 4 is 17.7 Å². The summed E-state index contributed by atoms with van der Waals surface area (Å²) in [7, 11) is 0. The maximum absolute atomic E-state index is 12.6. The number of rotatable bonds is 7. The zero-order valence-corrected chi connectivity index (χ0v) is 17.7. The van der Waals surface area contributed by atoms with Gasteiger partial charge in [0.2, 0.25) is 0 Å². The molecule has 2 aromatic rings. The molecule has 0 unspecified atom stereocenters. The molecule has 6 heteroatoms. The number of hydrogen-bond acceptors (Lipinski definition) is 3. The Labute approximate surface area is 182 Å². The minimum absolute atomic E-state index is 0.156. The van der Waals surface area contributed by atoms with Gasteiger partial charge in [-0.15, -0.1) is 6.58 Å². The van der Waals surface area contributed by atoms with E-state index in [1.165, 1.54) is 50.1 Å². The second kappa shape index (κ2) is 9.27. The number of likely N-dealkylation sites (tertiary alicyclic amines) is 1. The number of benzene rings is 2. The first-order valence-corrected chi connectivity index (χ1v) is 10.9. The van der Waals surface area contributed by atoms with Gasteiger partial charge < -0.3 is 10.2 Å². The maximum Gasteiger partial charge on any atom is 0.261 e. The van der Waals surface area contributed by atoms with Gasteiger partial charge in [0.05, 0.1) is 24.2 Å². The fraction of sp³-hybridized carbons (Fsp3) is 0.320. The highest BCUT2D eigenvalue weighted by molar-refractivity contribution is 6.22. The number of amides is 3. The Morgan fingerprint density at radius 2 is 1.65 bits per heavy atom. The Kier molecular flexibility index (Phi) is 6.28. The van der Waals surface area contributed by atoms with Crippen molar-refractivity contribution in [2.75, 3.05) is 19.6 Å². The first-order chi connectivity index (χ1) is 15.1. The topological polar surface area (TPSA) is 70.9 Å². The Morgan fingerprint density at radius 3 is 2.35 bits per heavy atom. The van der Waals surface area contributed by atoms with Crippen LogP contribution in [0.4, 0.5) is 0 Å². The van der Waals surface area contributed by atoms with Gasteiger partial charge in [0, 0.05) is 24.2 Å². The van der Waals surface area contributed by atoms with Crippen molar-refractivity contribution in [1.29, 1.82) is 0 Å². The molecule has 3 amide bonds. The van der Waals surface area contributed by atoms with E-state index in [0.29, 0.717) is 17.7 Å². The number of imide groups is 1. The quantitative estimate of drug-likeness (QED) is 0.534. The molecule has 6 nitrogen and oxygen atoms in total. The van der Waals surface area contributed by atoms with Crippen molar-refractivity contribution in [1.82, 2.24) is 10.2 Å². The largest absolute Gasteiger partial charge is 0.348 e. The van der Waals surface area contributed by atoms with Gasteiger partial charge >= 0.3 is 0 Å². The van der Waals surface area contributed by atoms with E-state index in [1.54, 1.807) is 17.0 Å². The van der Waals surface area contributed by atoms with Crippen LogP contribution in [0, 0.1) is 0 Å². The minimum atomic E-state index is -0.388. The molecule has 0 saturated carbocycles. The lowest BCUT2D eigenvalue weighted by Crippen LogP contribution is -3.11. The van der Waals surface area contributed by atoms with E-state index in [4.69, 9.17) is 0 Å². The third-order valence-corrected chi connectivity index (χ3v) is 6.04. The number of hydrogen-bond donors (Lipinski definition) is 2. The minimum Gasteiger partial charge on any atom is -0.348 e. The van der Waals surface area contributed by atoms with Crippen LogP contribution < -0.4 is 10.2 Å². The highest BCUT2D eigenvalue weighted by atomic mass is 16.2. The van der Waals surface area contributed by atoms with Crippen LogP contribution in [0.25, 0.3) is 0 Å². The molecule has 1 saturated heterocycles. The SMILES string of the molecule is C=CCN1C(=O)c2ccc(C(=O)NCc3ccc(C[NH+]4CCCCC4)cc3)cc2C1=O. The molecule has 0 spiro atoms. The molecular formula is C25H28N3O3+. The zero-order valence-electron chi connectivity index (χ0n) is 17.7. The van der Waals surface area contributed by atoms with Crippen molar-refractivity contribution in [2.24, 2.45) is 0 Å². The average molecular weight is 419 g/mol. The fourth-order valence-electron chi connectivity index (χ4n) is 4.30. The second-order valence-electron chi connectivity index (χ2n) is 8.26. The lowest BCUT2D eigenvalue weighted by atomic mass is 10.0. The van der Waals surface area contributed by atoms with Crippen molar-refractivity contribution < 1.29 is 19.3 Å². The fourth-order valence-corrected chi connectivity index (χ4v) is 4.30. The Hall–Kier alpha value is -3.25. The molecule has 2 aromatic carbocycles. The lowest BCUT2D eigenvalue weighted by molar-refractivity contribution is -0.918. The Bertz CT molecular complexity index is 1010. The van der Waals surface area contributed by atoms with Crippen molar-refractivity contribution in [2.45, 2.75) is 32.4 Å². The first-order valence-electron chi connectivity index (χ1n) is 10.9. The van der Waals surface area contributed by atoms with Gasteiger partial charge in [0.25, 0.3) is 17.7 Å². The summed E-state index contributed by atoms with van der Waals surface area (Å²) < 4.78 is 0. The van der Waals surface area contributed by atoms with Gasteiger partial charge in [0.1, 0.15) is 6.54 Å². The molecule has 0 atom stereocenters. The Balaban J connectivity index is 1.36. The summed E-state index contributed by atoms with van der Waals surface area (Å²) in [6.45, 7) is 7.69. The summed E-state index contributed by atoms with van der Waals surface area (Å²) in [4.78, 5) is 40.1. The van der Waals surface area contributed by atoms with Crippen LogP contribution in [0.15, 0.2) is 55.1 Å². The zero-order chi connectivity index (χ0) is 21.8. The predicted octanol–water partition coefficient (Wildman–Crippen LogP) is 1.97. The van der Waals surface area contributed by atoms with E-state index < -0.39 is 0 Å². The van der Waals surface area contributed by atoms with Crippen LogP contribution >= 0.6 is 0 Å². The van der Waals surface area contributed by atoms with Crippen LogP contribution in [-0.4, -0.2) is 42.3 Å². The molecule has 160 valence electrons. The van der Waals surface area contributed by atoms with E-state index in [2.05, 4.69) is 36.2 Å². The van der Waals surface area contributed by atoms with Crippen LogP contribution in [0.1, 0.15) is 61.5 Å². The van der Waals surface area contributed by atoms with E-state index >= 15 is 0 Å². The lowest BCUT2D eigenvalue weighted by Gasteiger charge is -2.23. The first kappa shape index (κ1) is 21.0. The molecule has 4 rings (SSSR count). The average Bonchev–Trinajstić information content (AvgIpc) is 3.04. The van der Waals surface area contributed by atoms with E-state index in [0.717, 1.165) is 17.0 Å². The van der Waals surface area contributed by atoms with Crippen molar-refractivity contribution in [3.8, 4) is 0 Å².